The molecule has 0 aromatic carbocycles. The minimum absolute atomic E-state index is 0.286. The highest BCUT2D eigenvalue weighted by Crippen LogP contribution is 2.18. The van der Waals surface area contributed by atoms with E-state index in [0.29, 0.717) is 5.56 Å². The van der Waals surface area contributed by atoms with Crippen molar-refractivity contribution in [1.29, 1.82) is 0 Å². The van der Waals surface area contributed by atoms with Crippen LogP contribution in [0, 0.1) is 0 Å². The smallest absolute Gasteiger partial charge is 0.254 e. The molecule has 6 heteroatoms. The summed E-state index contributed by atoms with van der Waals surface area (Å²) in [6.07, 6.45) is 3.16. The van der Waals surface area contributed by atoms with Gasteiger partial charge in [-0.2, -0.15) is 4.98 Å². The second-order valence-corrected chi connectivity index (χ2v) is 3.76. The van der Waals surface area contributed by atoms with Gasteiger partial charge in [0, 0.05) is 22.4 Å². The Kier molecular flexibility index (Phi) is 2.51. The summed E-state index contributed by atoms with van der Waals surface area (Å²) in [7, 11) is 0. The van der Waals surface area contributed by atoms with Crippen LogP contribution in [-0.4, -0.2) is 20.1 Å². The first-order chi connectivity index (χ1) is 7.15. The summed E-state index contributed by atoms with van der Waals surface area (Å²) in [4.78, 5) is 21.3. The fourth-order valence-electron chi connectivity index (χ4n) is 1.12. The minimum atomic E-state index is -0.405. The van der Waals surface area contributed by atoms with Crippen molar-refractivity contribution in [2.45, 2.75) is 0 Å². The fourth-order valence-corrected chi connectivity index (χ4v) is 1.49. The molecule has 0 spiro atoms. The first-order valence-corrected chi connectivity index (χ1v) is 4.86. The molecule has 5 nitrogen and oxygen atoms in total. The second kappa shape index (κ2) is 3.82. The Hall–Kier alpha value is -1.69. The van der Waals surface area contributed by atoms with Crippen molar-refractivity contribution in [2.75, 3.05) is 0 Å². The third-order valence-electron chi connectivity index (χ3n) is 1.71. The largest absolute Gasteiger partial charge is 0.493 e. The van der Waals surface area contributed by atoms with Crippen LogP contribution < -0.4 is 5.56 Å². The van der Waals surface area contributed by atoms with E-state index in [1.54, 1.807) is 18.5 Å². The second-order valence-electron chi connectivity index (χ2n) is 2.84. The van der Waals surface area contributed by atoms with Crippen LogP contribution in [0.3, 0.4) is 0 Å². The van der Waals surface area contributed by atoms with Gasteiger partial charge < -0.3 is 10.1 Å². The van der Waals surface area contributed by atoms with Crippen LogP contribution in [-0.2, 0) is 0 Å². The van der Waals surface area contributed by atoms with E-state index in [1.165, 1.54) is 0 Å². The lowest BCUT2D eigenvalue weighted by molar-refractivity contribution is 0.452. The average Bonchev–Trinajstić information content (AvgIpc) is 2.16. The van der Waals surface area contributed by atoms with Gasteiger partial charge in [-0.25, -0.2) is 0 Å². The molecule has 2 heterocycles. The maximum atomic E-state index is 11.1. The molecule has 2 aromatic heterocycles. The number of hydrogen-bond acceptors (Lipinski definition) is 4. The van der Waals surface area contributed by atoms with E-state index in [9.17, 15) is 4.79 Å². The lowest BCUT2D eigenvalue weighted by Crippen LogP contribution is -2.06. The van der Waals surface area contributed by atoms with E-state index < -0.39 is 5.56 Å². The summed E-state index contributed by atoms with van der Waals surface area (Å²) in [5.41, 5.74) is 0.217. The van der Waals surface area contributed by atoms with Gasteiger partial charge in [0.25, 0.3) is 5.56 Å². The Morgan fingerprint density at radius 3 is 2.80 bits per heavy atom. The molecule has 0 aliphatic carbocycles. The monoisotopic (exact) mass is 267 g/mol. The summed E-state index contributed by atoms with van der Waals surface area (Å²) in [5.74, 6) is -0.0254. The molecule has 0 aliphatic heterocycles. The number of nitrogens with zero attached hydrogens (tertiary/aromatic N) is 2. The first-order valence-electron chi connectivity index (χ1n) is 4.06. The van der Waals surface area contributed by atoms with Gasteiger partial charge in [-0.1, -0.05) is 0 Å². The molecule has 0 bridgehead atoms. The van der Waals surface area contributed by atoms with Gasteiger partial charge in [0.2, 0.25) is 5.88 Å². The molecular formula is C9H6BrN3O2. The Morgan fingerprint density at radius 2 is 2.13 bits per heavy atom. The number of aromatic amines is 1. The molecule has 2 aromatic rings. The molecule has 2 N–H and O–H groups in total. The van der Waals surface area contributed by atoms with Crippen molar-refractivity contribution in [2.24, 2.45) is 0 Å². The van der Waals surface area contributed by atoms with Crippen molar-refractivity contribution in [3.05, 3.63) is 39.4 Å². The Morgan fingerprint density at radius 1 is 1.33 bits per heavy atom. The normalized spacial score (nSPS) is 10.2. The Balaban J connectivity index is 2.59. The molecule has 0 saturated heterocycles. The predicted octanol–water partition coefficient (Wildman–Crippen LogP) is 1.30. The maximum absolute atomic E-state index is 11.1. The zero-order valence-electron chi connectivity index (χ0n) is 7.44. The summed E-state index contributed by atoms with van der Waals surface area (Å²) < 4.78 is 0.769. The highest BCUT2D eigenvalue weighted by Gasteiger charge is 2.03. The fraction of sp³-hybridized carbons (Fsp3) is 0. The van der Waals surface area contributed by atoms with Crippen LogP contribution in [0.4, 0.5) is 0 Å². The highest BCUT2D eigenvalue weighted by molar-refractivity contribution is 9.10. The van der Waals surface area contributed by atoms with Gasteiger partial charge in [-0.15, -0.1) is 0 Å². The molecular weight excluding hydrogens is 262 g/mol. The third kappa shape index (κ3) is 2.21. The van der Waals surface area contributed by atoms with Crippen LogP contribution >= 0.6 is 15.9 Å². The van der Waals surface area contributed by atoms with Crippen LogP contribution in [0.1, 0.15) is 0 Å². The van der Waals surface area contributed by atoms with E-state index in [-0.39, 0.29) is 11.7 Å². The summed E-state index contributed by atoms with van der Waals surface area (Å²) in [6, 6.07) is 2.75. The van der Waals surface area contributed by atoms with Gasteiger partial charge in [-0.05, 0) is 22.0 Å². The van der Waals surface area contributed by atoms with Gasteiger partial charge in [0.1, 0.15) is 5.82 Å². The van der Waals surface area contributed by atoms with E-state index in [4.69, 9.17) is 5.11 Å². The summed E-state index contributed by atoms with van der Waals surface area (Å²) in [5, 5.41) is 9.16. The van der Waals surface area contributed by atoms with Gasteiger partial charge in [-0.3, -0.25) is 9.78 Å². The lowest BCUT2D eigenvalue weighted by Gasteiger charge is -2.00. The summed E-state index contributed by atoms with van der Waals surface area (Å²) in [6.45, 7) is 0. The predicted molar refractivity (Wildman–Crippen MR) is 57.5 cm³/mol. The van der Waals surface area contributed by atoms with E-state index in [1.807, 2.05) is 0 Å². The highest BCUT2D eigenvalue weighted by atomic mass is 79.9. The number of aromatic nitrogens is 3. The van der Waals surface area contributed by atoms with Crippen LogP contribution in [0.25, 0.3) is 11.4 Å². The maximum Gasteiger partial charge on any atom is 0.254 e. The van der Waals surface area contributed by atoms with E-state index in [0.717, 1.165) is 10.5 Å². The minimum Gasteiger partial charge on any atom is -0.493 e. The average molecular weight is 268 g/mol. The van der Waals surface area contributed by atoms with E-state index in [2.05, 4.69) is 30.9 Å². The zero-order valence-corrected chi connectivity index (χ0v) is 9.02. The molecule has 0 atom stereocenters. The number of rotatable bonds is 1. The SMILES string of the molecule is O=c1cc(O)nc(-c2cncc(Br)c2)[nH]1. The third-order valence-corrected chi connectivity index (χ3v) is 2.14. The topological polar surface area (TPSA) is 78.9 Å². The molecule has 0 saturated carbocycles. The van der Waals surface area contributed by atoms with Crippen molar-refractivity contribution in [1.82, 2.24) is 15.0 Å². The first kappa shape index (κ1) is 9.85. The molecule has 0 unspecified atom stereocenters. The van der Waals surface area contributed by atoms with Crippen molar-refractivity contribution in [3.8, 4) is 17.3 Å². The zero-order chi connectivity index (χ0) is 10.8. The molecule has 0 radical (unpaired) electrons. The molecule has 0 aliphatic rings. The van der Waals surface area contributed by atoms with Crippen LogP contribution in [0.5, 0.6) is 5.88 Å². The number of H-pyrrole nitrogens is 1. The van der Waals surface area contributed by atoms with Gasteiger partial charge >= 0.3 is 0 Å². The lowest BCUT2D eigenvalue weighted by atomic mass is 10.3. The standard InChI is InChI=1S/C9H6BrN3O2/c10-6-1-5(3-11-4-6)9-12-7(14)2-8(15)13-9/h1-4H,(H2,12,13,14,15). The number of hydrogen-bond donors (Lipinski definition) is 2. The Labute approximate surface area is 93.0 Å². The van der Waals surface area contributed by atoms with Gasteiger partial charge in [0.05, 0.1) is 6.07 Å². The molecule has 2 rings (SSSR count). The number of halogens is 1. The quantitative estimate of drug-likeness (QED) is 0.817. The van der Waals surface area contributed by atoms with E-state index >= 15 is 0 Å². The molecule has 0 fully saturated rings. The van der Waals surface area contributed by atoms with Crippen LogP contribution in [0.15, 0.2) is 33.8 Å². The Bertz CT molecular complexity index is 553. The number of nitrogens with one attached hydrogen (secondary N) is 1. The van der Waals surface area contributed by atoms with Crippen molar-refractivity contribution >= 4 is 15.9 Å². The van der Waals surface area contributed by atoms with Crippen molar-refractivity contribution < 1.29 is 5.11 Å². The van der Waals surface area contributed by atoms with Crippen molar-refractivity contribution in [3.63, 3.8) is 0 Å². The number of aromatic hydroxyl groups is 1. The molecule has 76 valence electrons. The van der Waals surface area contributed by atoms with Crippen LogP contribution in [0.2, 0.25) is 0 Å². The summed E-state index contributed by atoms with van der Waals surface area (Å²) >= 11 is 3.25. The molecule has 15 heavy (non-hydrogen) atoms. The van der Waals surface area contributed by atoms with Gasteiger partial charge in [0.15, 0.2) is 0 Å². The molecule has 0 amide bonds. The number of pyridine rings is 1.